The lowest BCUT2D eigenvalue weighted by molar-refractivity contribution is 0.145. The first-order valence-electron chi connectivity index (χ1n) is 3.30. The van der Waals surface area contributed by atoms with E-state index in [-0.39, 0.29) is 0 Å². The van der Waals surface area contributed by atoms with Crippen LogP contribution in [0.2, 0.25) is 0 Å². The molecule has 1 heterocycles. The van der Waals surface area contributed by atoms with Gasteiger partial charge in [-0.1, -0.05) is 0 Å². The van der Waals surface area contributed by atoms with Gasteiger partial charge in [0.05, 0.1) is 0 Å². The summed E-state index contributed by atoms with van der Waals surface area (Å²) in [6.07, 6.45) is -2.98. The molecule has 0 fully saturated rings. The molecule has 0 saturated carbocycles. The first-order valence-corrected chi connectivity index (χ1v) is 4.84. The maximum absolute atomic E-state index is 12.8. The topological polar surface area (TPSA) is 73.1 Å². The molecular formula is C6H5F3N2O2S. The number of pyridine rings is 1. The van der Waals surface area contributed by atoms with Crippen molar-refractivity contribution in [3.63, 3.8) is 0 Å². The molecule has 0 spiro atoms. The van der Waals surface area contributed by atoms with Gasteiger partial charge in [0, 0.05) is 0 Å². The second kappa shape index (κ2) is 3.54. The van der Waals surface area contributed by atoms with Crippen LogP contribution in [0.25, 0.3) is 0 Å². The monoisotopic (exact) mass is 226 g/mol. The quantitative estimate of drug-likeness (QED) is 0.810. The van der Waals surface area contributed by atoms with E-state index in [0.717, 1.165) is 0 Å². The molecule has 0 radical (unpaired) electrons. The second-order valence-electron chi connectivity index (χ2n) is 2.37. The van der Waals surface area contributed by atoms with Crippen LogP contribution in [0.4, 0.5) is 13.2 Å². The van der Waals surface area contributed by atoms with E-state index in [1.165, 1.54) is 0 Å². The number of sulfonamides is 1. The van der Waals surface area contributed by atoms with Gasteiger partial charge < -0.3 is 0 Å². The molecule has 0 saturated heterocycles. The predicted octanol–water partition coefficient (Wildman–Crippen LogP) is 0.806. The highest BCUT2D eigenvalue weighted by Gasteiger charge is 2.19. The summed E-state index contributed by atoms with van der Waals surface area (Å²) in [6.45, 7) is 0. The molecule has 1 rings (SSSR count). The van der Waals surface area contributed by atoms with E-state index in [9.17, 15) is 21.6 Å². The van der Waals surface area contributed by atoms with Crippen molar-refractivity contribution in [3.05, 3.63) is 23.6 Å². The van der Waals surface area contributed by atoms with E-state index < -0.39 is 33.0 Å². The SMILES string of the molecule is NS(=O)(=O)c1nc(C(F)F)ccc1F. The molecule has 0 unspecified atom stereocenters. The van der Waals surface area contributed by atoms with Crippen LogP contribution in [0, 0.1) is 5.82 Å². The molecule has 14 heavy (non-hydrogen) atoms. The Labute approximate surface area is 77.6 Å². The standard InChI is InChI=1S/C6H5F3N2O2S/c7-3-1-2-4(5(8)9)11-6(3)14(10,12)13/h1-2,5H,(H2,10,12,13). The zero-order valence-corrected chi connectivity index (χ0v) is 7.43. The molecule has 0 aliphatic heterocycles. The predicted molar refractivity (Wildman–Crippen MR) is 40.5 cm³/mol. The minimum Gasteiger partial charge on any atom is -0.231 e. The molecule has 0 atom stereocenters. The summed E-state index contributed by atoms with van der Waals surface area (Å²) < 4.78 is 58.2. The summed E-state index contributed by atoms with van der Waals surface area (Å²) in [5, 5.41) is 3.38. The smallest absolute Gasteiger partial charge is 0.231 e. The molecule has 2 N–H and O–H groups in total. The number of nitrogens with two attached hydrogens (primary N) is 1. The van der Waals surface area contributed by atoms with Gasteiger partial charge in [0.25, 0.3) is 16.4 Å². The number of nitrogens with zero attached hydrogens (tertiary/aromatic N) is 1. The molecule has 1 aromatic heterocycles. The lowest BCUT2D eigenvalue weighted by atomic mass is 10.3. The van der Waals surface area contributed by atoms with Gasteiger partial charge in [-0.05, 0) is 12.1 Å². The Bertz CT molecular complexity index is 446. The zero-order valence-electron chi connectivity index (χ0n) is 6.62. The van der Waals surface area contributed by atoms with Crippen LogP contribution in [0.3, 0.4) is 0 Å². The Morgan fingerprint density at radius 1 is 1.36 bits per heavy atom. The van der Waals surface area contributed by atoms with Gasteiger partial charge in [-0.2, -0.15) is 0 Å². The Morgan fingerprint density at radius 3 is 2.36 bits per heavy atom. The minimum absolute atomic E-state index is 0.578. The van der Waals surface area contributed by atoms with Crippen molar-refractivity contribution in [2.45, 2.75) is 11.5 Å². The molecule has 0 aliphatic rings. The molecule has 0 bridgehead atoms. The third-order valence-corrected chi connectivity index (χ3v) is 2.15. The van der Waals surface area contributed by atoms with Crippen LogP contribution in [0.15, 0.2) is 17.2 Å². The van der Waals surface area contributed by atoms with E-state index in [1.807, 2.05) is 0 Å². The second-order valence-corrected chi connectivity index (χ2v) is 3.85. The summed E-state index contributed by atoms with van der Waals surface area (Å²) in [5.41, 5.74) is -0.838. The fraction of sp³-hybridized carbons (Fsp3) is 0.167. The average Bonchev–Trinajstić information content (AvgIpc) is 2.02. The van der Waals surface area contributed by atoms with E-state index in [0.29, 0.717) is 12.1 Å². The van der Waals surface area contributed by atoms with Crippen molar-refractivity contribution >= 4 is 10.0 Å². The van der Waals surface area contributed by atoms with Gasteiger partial charge in [0.2, 0.25) is 5.03 Å². The Balaban J connectivity index is 3.37. The van der Waals surface area contributed by atoms with Gasteiger partial charge in [-0.3, -0.25) is 0 Å². The van der Waals surface area contributed by atoms with Crippen LogP contribution < -0.4 is 5.14 Å². The van der Waals surface area contributed by atoms with Crippen LogP contribution in [0.1, 0.15) is 12.1 Å². The zero-order chi connectivity index (χ0) is 10.9. The van der Waals surface area contributed by atoms with E-state index in [2.05, 4.69) is 10.1 Å². The van der Waals surface area contributed by atoms with Gasteiger partial charge >= 0.3 is 0 Å². The molecule has 0 amide bonds. The highest BCUT2D eigenvalue weighted by Crippen LogP contribution is 2.19. The largest absolute Gasteiger partial charge is 0.280 e. The average molecular weight is 226 g/mol. The summed E-state index contributed by atoms with van der Waals surface area (Å²) >= 11 is 0. The summed E-state index contributed by atoms with van der Waals surface area (Å²) in [7, 11) is -4.41. The Morgan fingerprint density at radius 2 is 1.93 bits per heavy atom. The lowest BCUT2D eigenvalue weighted by Gasteiger charge is -2.02. The highest BCUT2D eigenvalue weighted by molar-refractivity contribution is 7.89. The number of hydrogen-bond donors (Lipinski definition) is 1. The number of alkyl halides is 2. The van der Waals surface area contributed by atoms with Crippen LogP contribution in [-0.2, 0) is 10.0 Å². The van der Waals surface area contributed by atoms with Crippen LogP contribution in [0.5, 0.6) is 0 Å². The molecule has 4 nitrogen and oxygen atoms in total. The third-order valence-electron chi connectivity index (χ3n) is 1.33. The molecule has 0 aliphatic carbocycles. The van der Waals surface area contributed by atoms with Gasteiger partial charge in [0.15, 0.2) is 5.82 Å². The summed E-state index contributed by atoms with van der Waals surface area (Å²) in [4.78, 5) is 2.91. The number of primary sulfonamides is 1. The van der Waals surface area contributed by atoms with Gasteiger partial charge in [-0.25, -0.2) is 31.7 Å². The lowest BCUT2D eigenvalue weighted by Crippen LogP contribution is -2.16. The van der Waals surface area contributed by atoms with Gasteiger partial charge in [0.1, 0.15) is 5.69 Å². The number of rotatable bonds is 2. The van der Waals surface area contributed by atoms with E-state index >= 15 is 0 Å². The normalized spacial score (nSPS) is 12.1. The fourth-order valence-corrected chi connectivity index (χ4v) is 1.33. The molecule has 78 valence electrons. The molecule has 8 heteroatoms. The van der Waals surface area contributed by atoms with Crippen molar-refractivity contribution in [3.8, 4) is 0 Å². The first kappa shape index (κ1) is 10.9. The number of aromatic nitrogens is 1. The maximum Gasteiger partial charge on any atom is 0.280 e. The van der Waals surface area contributed by atoms with Crippen molar-refractivity contribution in [2.24, 2.45) is 5.14 Å². The Hall–Kier alpha value is -1.15. The van der Waals surface area contributed by atoms with Crippen molar-refractivity contribution < 1.29 is 21.6 Å². The van der Waals surface area contributed by atoms with Crippen molar-refractivity contribution in [2.75, 3.05) is 0 Å². The Kier molecular flexibility index (Phi) is 2.76. The maximum atomic E-state index is 12.8. The third kappa shape index (κ3) is 2.20. The van der Waals surface area contributed by atoms with Crippen LogP contribution in [-0.4, -0.2) is 13.4 Å². The number of hydrogen-bond acceptors (Lipinski definition) is 3. The fourth-order valence-electron chi connectivity index (χ4n) is 0.759. The first-order chi connectivity index (χ1) is 6.32. The van der Waals surface area contributed by atoms with Crippen LogP contribution >= 0.6 is 0 Å². The van der Waals surface area contributed by atoms with Crippen molar-refractivity contribution in [1.29, 1.82) is 0 Å². The van der Waals surface area contributed by atoms with E-state index in [1.54, 1.807) is 0 Å². The minimum atomic E-state index is -4.41. The summed E-state index contributed by atoms with van der Waals surface area (Å²) in [6, 6.07) is 1.27. The number of halogens is 3. The summed E-state index contributed by atoms with van der Waals surface area (Å²) in [5.74, 6) is -1.25. The molecule has 1 aromatic rings. The molecular weight excluding hydrogens is 221 g/mol. The van der Waals surface area contributed by atoms with Gasteiger partial charge in [-0.15, -0.1) is 0 Å². The molecule has 0 aromatic carbocycles. The highest BCUT2D eigenvalue weighted by atomic mass is 32.2. The van der Waals surface area contributed by atoms with E-state index in [4.69, 9.17) is 0 Å². The van der Waals surface area contributed by atoms with Crippen molar-refractivity contribution in [1.82, 2.24) is 4.98 Å².